The fraction of sp³-hybridized carbons (Fsp3) is 0.0294. The number of Topliss-reactive ketones (excluding diaryl/α,β-unsaturated/α-hetero) is 2. The van der Waals surface area contributed by atoms with E-state index in [-0.39, 0.29) is 39.3 Å². The monoisotopic (exact) mass is 806 g/mol. The fourth-order valence-electron chi connectivity index (χ4n) is 5.36. The highest BCUT2D eigenvalue weighted by Gasteiger charge is 2.34. The van der Waals surface area contributed by atoms with Crippen LogP contribution in [-0.2, 0) is 30.4 Å². The van der Waals surface area contributed by atoms with Crippen molar-refractivity contribution >= 4 is 94.3 Å². The van der Waals surface area contributed by atoms with Crippen molar-refractivity contribution in [2.75, 3.05) is 21.5 Å². The number of fused-ring (bicyclic) bond motifs is 2. The van der Waals surface area contributed by atoms with Crippen LogP contribution >= 0.6 is 0 Å². The smallest absolute Gasteiger partial charge is 0.308 e. The zero-order chi connectivity index (χ0) is 39.9. The number of aryl methyl sites for hydroxylation is 1. The first-order valence-corrected chi connectivity index (χ1v) is 19.8. The summed E-state index contributed by atoms with van der Waals surface area (Å²) in [5.41, 5.74) is 4.61. The molecular formula is C34H26N6O12S3. The van der Waals surface area contributed by atoms with Crippen LogP contribution in [0.1, 0.15) is 37.4 Å². The highest BCUT2D eigenvalue weighted by molar-refractivity contribution is 7.91. The summed E-state index contributed by atoms with van der Waals surface area (Å²) in [5, 5.41) is 12.7. The summed E-state index contributed by atoms with van der Waals surface area (Å²) < 4.78 is 101. The van der Waals surface area contributed by atoms with Crippen molar-refractivity contribution in [3.63, 3.8) is 0 Å². The average molecular weight is 807 g/mol. The lowest BCUT2D eigenvalue weighted by molar-refractivity contribution is 0.105. The number of para-hydroxylation sites is 1. The van der Waals surface area contributed by atoms with Crippen molar-refractivity contribution in [2.45, 2.75) is 11.8 Å². The number of hydrazone groups is 2. The van der Waals surface area contributed by atoms with Crippen LogP contribution < -0.4 is 21.5 Å². The van der Waals surface area contributed by atoms with Gasteiger partial charge in [0.1, 0.15) is 9.81 Å². The number of urea groups is 1. The van der Waals surface area contributed by atoms with Gasteiger partial charge < -0.3 is 10.6 Å². The van der Waals surface area contributed by atoms with E-state index < -0.39 is 74.1 Å². The molecule has 55 heavy (non-hydrogen) atoms. The molecule has 0 spiro atoms. The Kier molecular flexibility index (Phi) is 10.1. The lowest BCUT2D eigenvalue weighted by atomic mass is 9.94. The van der Waals surface area contributed by atoms with E-state index in [1.165, 1.54) is 42.5 Å². The molecule has 0 fully saturated rings. The molecule has 282 valence electrons. The van der Waals surface area contributed by atoms with Gasteiger partial charge >= 0.3 is 6.03 Å². The van der Waals surface area contributed by atoms with E-state index in [0.717, 1.165) is 24.3 Å². The molecule has 0 aliphatic heterocycles. The molecule has 0 bridgehead atoms. The maximum absolute atomic E-state index is 13.4. The van der Waals surface area contributed by atoms with Crippen molar-refractivity contribution in [2.24, 2.45) is 10.2 Å². The molecule has 0 unspecified atom stereocenters. The van der Waals surface area contributed by atoms with E-state index in [0.29, 0.717) is 11.3 Å². The van der Waals surface area contributed by atoms with Gasteiger partial charge in [-0.25, -0.2) is 4.79 Å². The summed E-state index contributed by atoms with van der Waals surface area (Å²) in [6.45, 7) is 1.54. The number of anilines is 4. The maximum atomic E-state index is 13.4. The van der Waals surface area contributed by atoms with Gasteiger partial charge in [-0.3, -0.25) is 34.1 Å². The number of amides is 2. The average Bonchev–Trinajstić information content (AvgIpc) is 3.10. The first-order chi connectivity index (χ1) is 25.8. The Bertz CT molecular complexity index is 2800. The van der Waals surface area contributed by atoms with E-state index >= 15 is 0 Å². The number of hydrogen-bond acceptors (Lipinski definition) is 13. The second-order valence-corrected chi connectivity index (χ2v) is 16.0. The zero-order valence-corrected chi connectivity index (χ0v) is 30.3. The van der Waals surface area contributed by atoms with Crippen molar-refractivity contribution in [1.29, 1.82) is 0 Å². The molecular weight excluding hydrogens is 781 g/mol. The van der Waals surface area contributed by atoms with Gasteiger partial charge in [0.25, 0.3) is 30.4 Å². The third-order valence-corrected chi connectivity index (χ3v) is 10.6. The lowest BCUT2D eigenvalue weighted by Gasteiger charge is -2.18. The summed E-state index contributed by atoms with van der Waals surface area (Å²) in [4.78, 5) is 37.5. The number of allylic oxidation sites excluding steroid dienone is 2. The molecule has 2 aliphatic carbocycles. The first kappa shape index (κ1) is 38.4. The van der Waals surface area contributed by atoms with Gasteiger partial charge in [-0.2, -0.15) is 35.5 Å². The second-order valence-electron chi connectivity index (χ2n) is 11.8. The Balaban J connectivity index is 1.23. The van der Waals surface area contributed by atoms with Gasteiger partial charge in [-0.15, -0.1) is 0 Å². The van der Waals surface area contributed by atoms with Crippen LogP contribution in [0.5, 0.6) is 0 Å². The summed E-state index contributed by atoms with van der Waals surface area (Å²) in [6.07, 6.45) is 1.95. The topological polar surface area (TPSA) is 287 Å². The molecule has 0 atom stereocenters. The molecule has 2 amide bonds. The predicted molar refractivity (Wildman–Crippen MR) is 203 cm³/mol. The van der Waals surface area contributed by atoms with Gasteiger partial charge in [0.05, 0.1) is 16.3 Å². The van der Waals surface area contributed by atoms with E-state index in [4.69, 9.17) is 0 Å². The van der Waals surface area contributed by atoms with Crippen LogP contribution in [0.4, 0.5) is 27.5 Å². The molecule has 0 aromatic heterocycles. The Labute approximate surface area is 312 Å². The maximum Gasteiger partial charge on any atom is 0.323 e. The minimum atomic E-state index is -5.08. The predicted octanol–water partition coefficient (Wildman–Crippen LogP) is 4.67. The number of nitrogens with zero attached hydrogens (tertiary/aromatic N) is 2. The van der Waals surface area contributed by atoms with Crippen molar-refractivity contribution in [3.8, 4) is 0 Å². The molecule has 0 saturated carbocycles. The molecule has 4 aromatic rings. The molecule has 2 aliphatic rings. The molecule has 0 heterocycles. The van der Waals surface area contributed by atoms with Crippen LogP contribution in [0.25, 0.3) is 12.2 Å². The normalized spacial score (nSPS) is 15.8. The second kappa shape index (κ2) is 14.5. The summed E-state index contributed by atoms with van der Waals surface area (Å²) in [6, 6.07) is 18.7. The number of ketones is 2. The molecule has 4 aromatic carbocycles. The zero-order valence-electron chi connectivity index (χ0n) is 27.9. The number of carbonyl (C=O) groups excluding carboxylic acids is 3. The van der Waals surface area contributed by atoms with Crippen molar-refractivity contribution < 1.29 is 53.3 Å². The highest BCUT2D eigenvalue weighted by atomic mass is 32.2. The Morgan fingerprint density at radius 1 is 0.582 bits per heavy atom. The Hall–Kier alpha value is -6.36. The van der Waals surface area contributed by atoms with E-state index in [9.17, 15) is 53.3 Å². The number of hydrogen-bond donors (Lipinski definition) is 7. The lowest BCUT2D eigenvalue weighted by Crippen LogP contribution is -2.27. The summed E-state index contributed by atoms with van der Waals surface area (Å²) >= 11 is 0. The van der Waals surface area contributed by atoms with Crippen LogP contribution in [0.15, 0.2) is 110 Å². The number of benzene rings is 4. The molecule has 6 rings (SSSR count). The summed E-state index contributed by atoms with van der Waals surface area (Å²) in [5.74, 6) is -1.78. The van der Waals surface area contributed by atoms with Crippen molar-refractivity contribution in [1.82, 2.24) is 0 Å². The van der Waals surface area contributed by atoms with Crippen LogP contribution in [0, 0.1) is 6.92 Å². The SMILES string of the molecule is Cc1ccc(S(=O)(=O)O)cc1N/N=C1/C(=O)c2ccc(NC(=O)Nc3ccc4c(c3)C=C(S(=O)(=O)O)/C(=N/Nc3ccccc3)C4=O)cc2C=C1S(=O)(=O)O. The third-order valence-electron chi connectivity index (χ3n) is 8.00. The van der Waals surface area contributed by atoms with Crippen LogP contribution in [0.2, 0.25) is 0 Å². The minimum Gasteiger partial charge on any atom is -0.308 e. The number of rotatable bonds is 9. The van der Waals surface area contributed by atoms with Gasteiger partial charge in [0.2, 0.25) is 11.6 Å². The first-order valence-electron chi connectivity index (χ1n) is 15.4. The van der Waals surface area contributed by atoms with E-state index in [1.807, 2.05) is 0 Å². The minimum absolute atomic E-state index is 0.00313. The van der Waals surface area contributed by atoms with Gasteiger partial charge in [-0.05, 0) is 96.4 Å². The number of carbonyl (C=O) groups is 3. The third kappa shape index (κ3) is 8.41. The summed E-state index contributed by atoms with van der Waals surface area (Å²) in [7, 11) is -14.6. The highest BCUT2D eigenvalue weighted by Crippen LogP contribution is 2.31. The van der Waals surface area contributed by atoms with E-state index in [2.05, 4.69) is 31.7 Å². The van der Waals surface area contributed by atoms with Gasteiger partial charge in [0, 0.05) is 22.5 Å². The quantitative estimate of drug-likeness (QED) is 0.0894. The Morgan fingerprint density at radius 3 is 1.55 bits per heavy atom. The van der Waals surface area contributed by atoms with Crippen LogP contribution in [0.3, 0.4) is 0 Å². The standard InChI is InChI=1S/C34H26N6O12S3/c1-18-7-10-24(53(44,45)46)17-27(18)38-40-31-29(55(50,51)52)16-20-14-23(9-12-26(20)33(31)42)36-34(43)35-22-8-11-25-19(13-22)15-28(54(47,48)49)30(32(25)41)39-37-21-5-3-2-4-6-21/h2-17,37-38H,1H3,(H2,35,36,43)(H,44,45,46)(H,47,48,49)(H,50,51,52)/b39-30-,40-31+. The molecule has 18 nitrogen and oxygen atoms in total. The molecule has 7 N–H and O–H groups in total. The van der Waals surface area contributed by atoms with Gasteiger partial charge in [-0.1, -0.05) is 24.3 Å². The van der Waals surface area contributed by atoms with Crippen molar-refractivity contribution in [3.05, 3.63) is 123 Å². The number of nitrogens with one attached hydrogen (secondary N) is 4. The molecule has 0 saturated heterocycles. The van der Waals surface area contributed by atoms with E-state index in [1.54, 1.807) is 37.3 Å². The fourth-order valence-corrected chi connectivity index (χ4v) is 7.19. The van der Waals surface area contributed by atoms with Crippen LogP contribution in [-0.4, -0.2) is 67.9 Å². The Morgan fingerprint density at radius 2 is 1.07 bits per heavy atom. The van der Waals surface area contributed by atoms with Gasteiger partial charge in [0.15, 0.2) is 11.4 Å². The largest absolute Gasteiger partial charge is 0.323 e. The molecule has 0 radical (unpaired) electrons. The molecule has 21 heteroatoms.